The Bertz CT molecular complexity index is 1180. The Morgan fingerprint density at radius 1 is 1.19 bits per heavy atom. The SMILES string of the molecule is Cc1cc(=O)oc2c(/C=N\c3nc(-c4ccccc4)cs3)c(O)ccc12. The van der Waals surface area contributed by atoms with E-state index < -0.39 is 5.63 Å². The average Bonchev–Trinajstić information content (AvgIpc) is 3.10. The van der Waals surface area contributed by atoms with E-state index in [0.717, 1.165) is 22.2 Å². The van der Waals surface area contributed by atoms with E-state index >= 15 is 0 Å². The van der Waals surface area contributed by atoms with Gasteiger partial charge in [0.15, 0.2) is 5.58 Å². The lowest BCUT2D eigenvalue weighted by atomic mass is 10.1. The van der Waals surface area contributed by atoms with Gasteiger partial charge in [0.1, 0.15) is 5.75 Å². The second kappa shape index (κ2) is 6.57. The second-order valence-electron chi connectivity index (χ2n) is 5.76. The van der Waals surface area contributed by atoms with Crippen LogP contribution in [-0.2, 0) is 0 Å². The van der Waals surface area contributed by atoms with E-state index in [1.807, 2.05) is 42.6 Å². The maximum absolute atomic E-state index is 11.7. The lowest BCUT2D eigenvalue weighted by molar-refractivity contribution is 0.472. The van der Waals surface area contributed by atoms with Crippen LogP contribution >= 0.6 is 11.3 Å². The Labute approximate surface area is 152 Å². The number of benzene rings is 2. The highest BCUT2D eigenvalue weighted by atomic mass is 32.1. The van der Waals surface area contributed by atoms with Crippen LogP contribution in [-0.4, -0.2) is 16.3 Å². The number of aryl methyl sites for hydroxylation is 1. The van der Waals surface area contributed by atoms with Crippen molar-refractivity contribution in [2.75, 3.05) is 0 Å². The summed E-state index contributed by atoms with van der Waals surface area (Å²) in [5, 5.41) is 13.4. The highest BCUT2D eigenvalue weighted by molar-refractivity contribution is 7.13. The Morgan fingerprint density at radius 3 is 2.81 bits per heavy atom. The fraction of sp³-hybridized carbons (Fsp3) is 0.0500. The van der Waals surface area contributed by atoms with Crippen LogP contribution in [0.15, 0.2) is 68.1 Å². The number of fused-ring (bicyclic) bond motifs is 1. The van der Waals surface area contributed by atoms with Crippen LogP contribution in [0.1, 0.15) is 11.1 Å². The van der Waals surface area contributed by atoms with E-state index in [4.69, 9.17) is 4.42 Å². The summed E-state index contributed by atoms with van der Waals surface area (Å²) in [5.74, 6) is -0.00478. The minimum Gasteiger partial charge on any atom is -0.507 e. The van der Waals surface area contributed by atoms with Crippen molar-refractivity contribution < 1.29 is 9.52 Å². The third-order valence-corrected chi connectivity index (χ3v) is 4.75. The van der Waals surface area contributed by atoms with Gasteiger partial charge >= 0.3 is 5.63 Å². The molecule has 0 aliphatic rings. The molecule has 5 nitrogen and oxygen atoms in total. The van der Waals surface area contributed by atoms with Gasteiger partial charge in [0, 0.05) is 28.6 Å². The first kappa shape index (κ1) is 16.2. The van der Waals surface area contributed by atoms with Gasteiger partial charge in [-0.2, -0.15) is 0 Å². The van der Waals surface area contributed by atoms with Crippen molar-refractivity contribution in [3.05, 3.63) is 75.5 Å². The maximum atomic E-state index is 11.7. The Balaban J connectivity index is 1.75. The maximum Gasteiger partial charge on any atom is 0.336 e. The minimum atomic E-state index is -0.462. The zero-order valence-corrected chi connectivity index (χ0v) is 14.7. The van der Waals surface area contributed by atoms with Crippen LogP contribution in [0.2, 0.25) is 0 Å². The van der Waals surface area contributed by atoms with Crippen LogP contribution in [0.25, 0.3) is 22.2 Å². The van der Waals surface area contributed by atoms with Gasteiger partial charge in [-0.15, -0.1) is 11.3 Å². The van der Waals surface area contributed by atoms with Gasteiger partial charge in [0.25, 0.3) is 0 Å². The van der Waals surface area contributed by atoms with E-state index in [9.17, 15) is 9.90 Å². The summed E-state index contributed by atoms with van der Waals surface area (Å²) in [4.78, 5) is 20.5. The van der Waals surface area contributed by atoms with Crippen LogP contribution in [0.3, 0.4) is 0 Å². The highest BCUT2D eigenvalue weighted by Gasteiger charge is 2.11. The number of phenols is 1. The molecule has 26 heavy (non-hydrogen) atoms. The van der Waals surface area contributed by atoms with E-state index in [2.05, 4.69) is 9.98 Å². The quantitative estimate of drug-likeness (QED) is 0.424. The molecule has 1 N–H and O–H groups in total. The number of aliphatic imine (C=N–C) groups is 1. The average molecular weight is 362 g/mol. The van der Waals surface area contributed by atoms with Gasteiger partial charge in [-0.3, -0.25) is 0 Å². The molecule has 0 atom stereocenters. The molecule has 0 amide bonds. The molecule has 0 radical (unpaired) electrons. The first-order valence-electron chi connectivity index (χ1n) is 7.93. The van der Waals surface area contributed by atoms with Crippen molar-refractivity contribution in [2.45, 2.75) is 6.92 Å². The summed E-state index contributed by atoms with van der Waals surface area (Å²) in [6.07, 6.45) is 1.48. The first-order chi connectivity index (χ1) is 12.6. The number of hydrogen-bond donors (Lipinski definition) is 1. The van der Waals surface area contributed by atoms with Gasteiger partial charge in [-0.25, -0.2) is 14.8 Å². The summed E-state index contributed by atoms with van der Waals surface area (Å²) in [5.41, 5.74) is 2.85. The standard InChI is InChI=1S/C20H14N2O3S/c1-12-9-18(24)25-19-14(12)7-8-17(23)15(19)10-21-20-22-16(11-26-20)13-5-3-2-4-6-13/h2-11,23H,1H3/b21-10-. The number of hydrogen-bond acceptors (Lipinski definition) is 6. The van der Waals surface area contributed by atoms with Crippen LogP contribution < -0.4 is 5.63 Å². The lowest BCUT2D eigenvalue weighted by Crippen LogP contribution is -2.00. The van der Waals surface area contributed by atoms with Crippen LogP contribution in [0.4, 0.5) is 5.13 Å². The summed E-state index contributed by atoms with van der Waals surface area (Å²) in [7, 11) is 0. The first-order valence-corrected chi connectivity index (χ1v) is 8.81. The summed E-state index contributed by atoms with van der Waals surface area (Å²) in [6, 6.07) is 14.5. The summed E-state index contributed by atoms with van der Waals surface area (Å²) < 4.78 is 5.29. The van der Waals surface area contributed by atoms with E-state index in [1.165, 1.54) is 23.6 Å². The fourth-order valence-electron chi connectivity index (χ4n) is 2.70. The molecule has 4 rings (SSSR count). The molecule has 0 unspecified atom stereocenters. The Hall–Kier alpha value is -3.25. The molecule has 0 bridgehead atoms. The van der Waals surface area contributed by atoms with E-state index in [1.54, 1.807) is 12.1 Å². The molecule has 6 heteroatoms. The van der Waals surface area contributed by atoms with Crippen molar-refractivity contribution >= 4 is 33.7 Å². The molecule has 0 aliphatic carbocycles. The molecule has 0 saturated heterocycles. The predicted molar refractivity (Wildman–Crippen MR) is 104 cm³/mol. The smallest absolute Gasteiger partial charge is 0.336 e. The molecule has 0 fully saturated rings. The summed E-state index contributed by atoms with van der Waals surface area (Å²) in [6.45, 7) is 1.82. The number of rotatable bonds is 3. The van der Waals surface area contributed by atoms with Crippen LogP contribution in [0, 0.1) is 6.92 Å². The van der Waals surface area contributed by atoms with Crippen molar-refractivity contribution in [1.82, 2.24) is 4.98 Å². The third-order valence-electron chi connectivity index (χ3n) is 4.00. The monoisotopic (exact) mass is 362 g/mol. The molecule has 0 saturated carbocycles. The highest BCUT2D eigenvalue weighted by Crippen LogP contribution is 2.29. The van der Waals surface area contributed by atoms with Gasteiger partial charge in [0.2, 0.25) is 5.13 Å². The van der Waals surface area contributed by atoms with Crippen molar-refractivity contribution in [1.29, 1.82) is 0 Å². The van der Waals surface area contributed by atoms with Crippen LogP contribution in [0.5, 0.6) is 5.75 Å². The van der Waals surface area contributed by atoms with Crippen molar-refractivity contribution in [3.8, 4) is 17.0 Å². The zero-order chi connectivity index (χ0) is 18.1. The summed E-state index contributed by atoms with van der Waals surface area (Å²) >= 11 is 1.40. The molecule has 128 valence electrons. The Kier molecular flexibility index (Phi) is 4.10. The van der Waals surface area contributed by atoms with Gasteiger partial charge in [-0.1, -0.05) is 30.3 Å². The van der Waals surface area contributed by atoms with E-state index in [-0.39, 0.29) is 5.75 Å². The minimum absolute atomic E-state index is 0.00478. The number of nitrogens with zero attached hydrogens (tertiary/aromatic N) is 2. The van der Waals surface area contributed by atoms with E-state index in [0.29, 0.717) is 16.3 Å². The number of phenolic OH excluding ortho intramolecular Hbond substituents is 1. The number of aromatic nitrogens is 1. The predicted octanol–water partition coefficient (Wildman–Crippen LogP) is 4.68. The molecule has 4 aromatic rings. The third kappa shape index (κ3) is 3.02. The molecular weight excluding hydrogens is 348 g/mol. The molecule has 0 aliphatic heterocycles. The number of thiazole rings is 1. The molecule has 2 aromatic heterocycles. The zero-order valence-electron chi connectivity index (χ0n) is 13.8. The molecule has 0 spiro atoms. The van der Waals surface area contributed by atoms with Gasteiger partial charge in [-0.05, 0) is 24.6 Å². The second-order valence-corrected chi connectivity index (χ2v) is 6.60. The van der Waals surface area contributed by atoms with Crippen molar-refractivity contribution in [3.63, 3.8) is 0 Å². The van der Waals surface area contributed by atoms with Gasteiger partial charge < -0.3 is 9.52 Å². The molecule has 2 heterocycles. The number of aromatic hydroxyl groups is 1. The molecular formula is C20H14N2O3S. The van der Waals surface area contributed by atoms with Gasteiger partial charge in [0.05, 0.1) is 11.3 Å². The topological polar surface area (TPSA) is 75.7 Å². The Morgan fingerprint density at radius 2 is 2.00 bits per heavy atom. The fourth-order valence-corrected chi connectivity index (χ4v) is 3.37. The largest absolute Gasteiger partial charge is 0.507 e. The van der Waals surface area contributed by atoms with Crippen molar-refractivity contribution in [2.24, 2.45) is 4.99 Å². The normalized spacial score (nSPS) is 11.4. The molecule has 2 aromatic carbocycles. The lowest BCUT2D eigenvalue weighted by Gasteiger charge is -2.05.